The van der Waals surface area contributed by atoms with E-state index in [-0.39, 0.29) is 12.7 Å². The highest BCUT2D eigenvalue weighted by atomic mass is 16.5. The van der Waals surface area contributed by atoms with Gasteiger partial charge < -0.3 is 9.84 Å². The lowest BCUT2D eigenvalue weighted by Crippen LogP contribution is -2.34. The topological polar surface area (TPSA) is 29.5 Å². The predicted octanol–water partition coefficient (Wildman–Crippen LogP) is 3.38. The van der Waals surface area contributed by atoms with Gasteiger partial charge in [0.25, 0.3) is 0 Å². The second-order valence-corrected chi connectivity index (χ2v) is 5.46. The number of ether oxygens (including phenoxy) is 1. The fourth-order valence-electron chi connectivity index (χ4n) is 2.81. The molecule has 0 bridgehead atoms. The summed E-state index contributed by atoms with van der Waals surface area (Å²) in [5.41, 5.74) is 0. The van der Waals surface area contributed by atoms with Crippen molar-refractivity contribution in [1.82, 2.24) is 0 Å². The number of hydrogen-bond donors (Lipinski definition) is 1. The highest BCUT2D eigenvalue weighted by Crippen LogP contribution is 2.34. The molecule has 1 saturated carbocycles. The Morgan fingerprint density at radius 3 is 2.75 bits per heavy atom. The molecule has 0 aliphatic heterocycles. The summed E-state index contributed by atoms with van der Waals surface area (Å²) in [6.07, 6.45) is 7.86. The Labute approximate surface area is 100 Å². The third-order valence-electron chi connectivity index (χ3n) is 3.79. The standard InChI is InChI=1S/C14H28O2/c1-4-5-13-7-6-11(2)10-14(13)16-12(3)8-9-15/h11-15H,4-10H2,1-3H3/t11?,12-,13?,14?/m1/s1. The summed E-state index contributed by atoms with van der Waals surface area (Å²) < 4.78 is 6.11. The molecule has 16 heavy (non-hydrogen) atoms. The van der Waals surface area contributed by atoms with Crippen molar-refractivity contribution in [2.75, 3.05) is 6.61 Å². The Kier molecular flexibility index (Phi) is 6.37. The predicted molar refractivity (Wildman–Crippen MR) is 67.5 cm³/mol. The molecule has 0 heterocycles. The van der Waals surface area contributed by atoms with E-state index in [1.54, 1.807) is 0 Å². The Balaban J connectivity index is 2.43. The van der Waals surface area contributed by atoms with Gasteiger partial charge in [0.2, 0.25) is 0 Å². The summed E-state index contributed by atoms with van der Waals surface area (Å²) in [5.74, 6) is 1.56. The maximum absolute atomic E-state index is 8.91. The summed E-state index contributed by atoms with van der Waals surface area (Å²) in [4.78, 5) is 0. The molecule has 1 aliphatic rings. The largest absolute Gasteiger partial charge is 0.396 e. The lowest BCUT2D eigenvalue weighted by Gasteiger charge is -2.36. The van der Waals surface area contributed by atoms with Crippen LogP contribution in [0, 0.1) is 11.8 Å². The van der Waals surface area contributed by atoms with E-state index in [1.807, 2.05) is 0 Å². The van der Waals surface area contributed by atoms with Crippen LogP contribution < -0.4 is 0 Å². The molecule has 1 fully saturated rings. The van der Waals surface area contributed by atoms with Crippen LogP contribution in [-0.2, 0) is 4.74 Å². The molecule has 1 N–H and O–H groups in total. The molecule has 0 spiro atoms. The Morgan fingerprint density at radius 1 is 1.38 bits per heavy atom. The van der Waals surface area contributed by atoms with Gasteiger partial charge in [0.15, 0.2) is 0 Å². The molecule has 0 saturated heterocycles. The molecule has 2 nitrogen and oxygen atoms in total. The van der Waals surface area contributed by atoms with Crippen LogP contribution in [0.3, 0.4) is 0 Å². The van der Waals surface area contributed by atoms with Crippen molar-refractivity contribution in [2.24, 2.45) is 11.8 Å². The summed E-state index contributed by atoms with van der Waals surface area (Å²) in [6, 6.07) is 0. The smallest absolute Gasteiger partial charge is 0.0609 e. The molecule has 0 amide bonds. The van der Waals surface area contributed by atoms with E-state index in [0.717, 1.165) is 18.3 Å². The Bertz CT molecular complexity index is 182. The van der Waals surface area contributed by atoms with E-state index in [0.29, 0.717) is 6.10 Å². The highest BCUT2D eigenvalue weighted by molar-refractivity contribution is 4.79. The molecular formula is C14H28O2. The number of aliphatic hydroxyl groups excluding tert-OH is 1. The number of rotatable bonds is 6. The van der Waals surface area contributed by atoms with Gasteiger partial charge in [-0.15, -0.1) is 0 Å². The molecule has 1 rings (SSSR count). The van der Waals surface area contributed by atoms with Crippen molar-refractivity contribution in [2.45, 2.75) is 71.5 Å². The zero-order valence-corrected chi connectivity index (χ0v) is 11.1. The van der Waals surface area contributed by atoms with Crippen molar-refractivity contribution < 1.29 is 9.84 Å². The van der Waals surface area contributed by atoms with E-state index in [1.165, 1.54) is 32.1 Å². The quantitative estimate of drug-likeness (QED) is 0.755. The van der Waals surface area contributed by atoms with Gasteiger partial charge in [-0.1, -0.05) is 26.7 Å². The fourth-order valence-corrected chi connectivity index (χ4v) is 2.81. The Hall–Kier alpha value is -0.0800. The van der Waals surface area contributed by atoms with Crippen molar-refractivity contribution >= 4 is 0 Å². The maximum atomic E-state index is 8.91. The molecular weight excluding hydrogens is 200 g/mol. The second kappa shape index (κ2) is 7.29. The van der Waals surface area contributed by atoms with Crippen LogP contribution in [0.25, 0.3) is 0 Å². The van der Waals surface area contributed by atoms with Gasteiger partial charge in [0.05, 0.1) is 12.2 Å². The van der Waals surface area contributed by atoms with E-state index in [2.05, 4.69) is 20.8 Å². The van der Waals surface area contributed by atoms with Gasteiger partial charge in [-0.2, -0.15) is 0 Å². The average molecular weight is 228 g/mol. The molecule has 2 heteroatoms. The van der Waals surface area contributed by atoms with E-state index in [4.69, 9.17) is 9.84 Å². The molecule has 0 aromatic heterocycles. The average Bonchev–Trinajstić information content (AvgIpc) is 2.22. The Morgan fingerprint density at radius 2 is 2.12 bits per heavy atom. The van der Waals surface area contributed by atoms with Gasteiger partial charge in [-0.05, 0) is 44.4 Å². The van der Waals surface area contributed by atoms with Gasteiger partial charge >= 0.3 is 0 Å². The molecule has 0 aromatic carbocycles. The lowest BCUT2D eigenvalue weighted by molar-refractivity contribution is -0.0704. The fraction of sp³-hybridized carbons (Fsp3) is 1.00. The molecule has 4 atom stereocenters. The van der Waals surface area contributed by atoms with Crippen LogP contribution in [0.2, 0.25) is 0 Å². The third-order valence-corrected chi connectivity index (χ3v) is 3.79. The number of aliphatic hydroxyl groups is 1. The first-order valence-electron chi connectivity index (χ1n) is 6.93. The molecule has 1 aliphatic carbocycles. The van der Waals surface area contributed by atoms with E-state index >= 15 is 0 Å². The van der Waals surface area contributed by atoms with Gasteiger partial charge in [0, 0.05) is 6.61 Å². The van der Waals surface area contributed by atoms with E-state index in [9.17, 15) is 0 Å². The van der Waals surface area contributed by atoms with E-state index < -0.39 is 0 Å². The van der Waals surface area contributed by atoms with Crippen molar-refractivity contribution in [3.8, 4) is 0 Å². The maximum Gasteiger partial charge on any atom is 0.0609 e. The normalized spacial score (nSPS) is 32.6. The van der Waals surface area contributed by atoms with Crippen LogP contribution in [0.15, 0.2) is 0 Å². The first kappa shape index (κ1) is 14.0. The van der Waals surface area contributed by atoms with Crippen LogP contribution in [0.4, 0.5) is 0 Å². The number of hydrogen-bond acceptors (Lipinski definition) is 2. The molecule has 96 valence electrons. The molecule has 0 radical (unpaired) electrons. The minimum Gasteiger partial charge on any atom is -0.396 e. The van der Waals surface area contributed by atoms with Gasteiger partial charge in [-0.25, -0.2) is 0 Å². The summed E-state index contributed by atoms with van der Waals surface area (Å²) in [5, 5.41) is 8.91. The lowest BCUT2D eigenvalue weighted by atomic mass is 9.78. The zero-order chi connectivity index (χ0) is 12.0. The summed E-state index contributed by atoms with van der Waals surface area (Å²) in [6.45, 7) is 6.90. The monoisotopic (exact) mass is 228 g/mol. The van der Waals surface area contributed by atoms with Crippen molar-refractivity contribution in [3.05, 3.63) is 0 Å². The molecule has 3 unspecified atom stereocenters. The van der Waals surface area contributed by atoms with Gasteiger partial charge in [0.1, 0.15) is 0 Å². The minimum absolute atomic E-state index is 0.208. The highest BCUT2D eigenvalue weighted by Gasteiger charge is 2.29. The van der Waals surface area contributed by atoms with Crippen LogP contribution in [0.5, 0.6) is 0 Å². The van der Waals surface area contributed by atoms with Crippen molar-refractivity contribution in [1.29, 1.82) is 0 Å². The van der Waals surface area contributed by atoms with Gasteiger partial charge in [-0.3, -0.25) is 0 Å². The third kappa shape index (κ3) is 4.42. The summed E-state index contributed by atoms with van der Waals surface area (Å²) >= 11 is 0. The first-order chi connectivity index (χ1) is 7.67. The summed E-state index contributed by atoms with van der Waals surface area (Å²) in [7, 11) is 0. The van der Waals surface area contributed by atoms with Crippen LogP contribution in [0.1, 0.15) is 59.3 Å². The van der Waals surface area contributed by atoms with Crippen LogP contribution >= 0.6 is 0 Å². The second-order valence-electron chi connectivity index (χ2n) is 5.46. The van der Waals surface area contributed by atoms with Crippen molar-refractivity contribution in [3.63, 3.8) is 0 Å². The minimum atomic E-state index is 0.208. The first-order valence-corrected chi connectivity index (χ1v) is 6.93. The SMILES string of the molecule is CCCC1CCC(C)CC1O[C@H](C)CCO. The zero-order valence-electron chi connectivity index (χ0n) is 11.1. The molecule has 0 aromatic rings. The van der Waals surface area contributed by atoms with Crippen LogP contribution in [-0.4, -0.2) is 23.9 Å².